The van der Waals surface area contributed by atoms with Crippen LogP contribution in [0.5, 0.6) is 0 Å². The van der Waals surface area contributed by atoms with Crippen LogP contribution in [0.25, 0.3) is 0 Å². The Morgan fingerprint density at radius 3 is 2.81 bits per heavy atom. The van der Waals surface area contributed by atoms with Crippen molar-refractivity contribution in [3.05, 3.63) is 0 Å². The van der Waals surface area contributed by atoms with E-state index in [4.69, 9.17) is 0 Å². The van der Waals surface area contributed by atoms with E-state index in [9.17, 15) is 13.2 Å². The Hall–Kier alpha value is 0.0600. The van der Waals surface area contributed by atoms with Gasteiger partial charge in [0.05, 0.1) is 0 Å². The van der Waals surface area contributed by atoms with Crippen molar-refractivity contribution < 1.29 is 13.2 Å². The van der Waals surface area contributed by atoms with Crippen LogP contribution >= 0.6 is 11.8 Å². The zero-order valence-electron chi connectivity index (χ0n) is 9.52. The van der Waals surface area contributed by atoms with Crippen LogP contribution < -0.4 is 5.32 Å². The van der Waals surface area contributed by atoms with Crippen LogP contribution in [0.4, 0.5) is 13.2 Å². The Balaban J connectivity index is 2.24. The van der Waals surface area contributed by atoms with Gasteiger partial charge in [-0.25, -0.2) is 0 Å². The number of nitrogens with one attached hydrogen (secondary N) is 1. The summed E-state index contributed by atoms with van der Waals surface area (Å²) in [6, 6.07) is 0.429. The molecule has 2 nitrogen and oxygen atoms in total. The van der Waals surface area contributed by atoms with E-state index in [-0.39, 0.29) is 17.5 Å². The molecule has 0 bridgehead atoms. The lowest BCUT2D eigenvalue weighted by Gasteiger charge is -2.23. The number of halogens is 3. The molecule has 0 saturated carbocycles. The molecule has 6 heteroatoms. The molecule has 0 spiro atoms. The third-order valence-electron chi connectivity index (χ3n) is 2.73. The fraction of sp³-hybridized carbons (Fsp3) is 1.00. The van der Waals surface area contributed by atoms with E-state index in [1.54, 1.807) is 0 Å². The van der Waals surface area contributed by atoms with Crippen molar-refractivity contribution >= 4 is 11.8 Å². The van der Waals surface area contributed by atoms with Crippen LogP contribution in [0.1, 0.15) is 19.8 Å². The van der Waals surface area contributed by atoms with Gasteiger partial charge in [-0.1, -0.05) is 6.92 Å². The van der Waals surface area contributed by atoms with Crippen molar-refractivity contribution in [3.8, 4) is 0 Å². The molecule has 0 aromatic heterocycles. The fourth-order valence-electron chi connectivity index (χ4n) is 1.84. The molecular weight excluding hydrogens is 237 g/mol. The minimum Gasteiger partial charge on any atom is -0.313 e. The second-order valence-corrected chi connectivity index (χ2v) is 5.17. The van der Waals surface area contributed by atoms with Gasteiger partial charge in [-0.3, -0.25) is 0 Å². The predicted molar refractivity (Wildman–Crippen MR) is 61.7 cm³/mol. The van der Waals surface area contributed by atoms with Gasteiger partial charge in [0.2, 0.25) is 0 Å². The van der Waals surface area contributed by atoms with E-state index in [0.717, 1.165) is 32.5 Å². The molecule has 0 aliphatic carbocycles. The van der Waals surface area contributed by atoms with Crippen LogP contribution in [0.2, 0.25) is 0 Å². The van der Waals surface area contributed by atoms with Gasteiger partial charge in [-0.2, -0.15) is 13.2 Å². The van der Waals surface area contributed by atoms with Crippen LogP contribution in [-0.2, 0) is 0 Å². The van der Waals surface area contributed by atoms with Gasteiger partial charge in [0.1, 0.15) is 0 Å². The minimum atomic E-state index is -4.09. The molecule has 0 amide bonds. The maximum Gasteiger partial charge on any atom is 0.441 e. The maximum absolute atomic E-state index is 12.0. The summed E-state index contributed by atoms with van der Waals surface area (Å²) < 4.78 is 35.9. The van der Waals surface area contributed by atoms with E-state index in [1.807, 2.05) is 0 Å². The average molecular weight is 256 g/mol. The summed E-state index contributed by atoms with van der Waals surface area (Å²) in [5, 5.41) is 3.40. The molecule has 0 aromatic carbocycles. The first-order valence-corrected chi connectivity index (χ1v) is 6.66. The first-order chi connectivity index (χ1) is 7.51. The van der Waals surface area contributed by atoms with Gasteiger partial charge >= 0.3 is 5.51 Å². The molecule has 16 heavy (non-hydrogen) atoms. The van der Waals surface area contributed by atoms with Gasteiger partial charge in [-0.05, 0) is 37.7 Å². The molecule has 1 aliphatic heterocycles. The molecule has 1 aliphatic rings. The highest BCUT2D eigenvalue weighted by Gasteiger charge is 2.28. The van der Waals surface area contributed by atoms with Crippen molar-refractivity contribution in [3.63, 3.8) is 0 Å². The molecule has 1 unspecified atom stereocenters. The standard InChI is InChI=1S/C10H19F3N2S/c1-2-9-8-15(5-3-4-14-9)6-7-16-10(11,12)13/h9,14H,2-8H2,1H3. The fourth-order valence-corrected chi connectivity index (χ4v) is 2.42. The molecule has 0 aromatic rings. The number of rotatable bonds is 4. The lowest BCUT2D eigenvalue weighted by Crippen LogP contribution is -2.38. The van der Waals surface area contributed by atoms with Crippen molar-refractivity contribution in [1.29, 1.82) is 0 Å². The summed E-state index contributed by atoms with van der Waals surface area (Å²) in [5.41, 5.74) is -4.09. The molecule has 1 N–H and O–H groups in total. The summed E-state index contributed by atoms with van der Waals surface area (Å²) in [5.74, 6) is 0.139. The topological polar surface area (TPSA) is 15.3 Å². The number of hydrogen-bond donors (Lipinski definition) is 1. The molecule has 1 rings (SSSR count). The SMILES string of the molecule is CCC1CN(CCSC(F)(F)F)CCCN1. The van der Waals surface area contributed by atoms with E-state index >= 15 is 0 Å². The molecule has 1 atom stereocenters. The third-order valence-corrected chi connectivity index (χ3v) is 3.44. The number of thioether (sulfide) groups is 1. The largest absolute Gasteiger partial charge is 0.441 e. The molecular formula is C10H19F3N2S. The maximum atomic E-state index is 12.0. The van der Waals surface area contributed by atoms with Crippen LogP contribution in [0.15, 0.2) is 0 Å². The number of hydrogen-bond acceptors (Lipinski definition) is 3. The van der Waals surface area contributed by atoms with Gasteiger partial charge in [0, 0.05) is 24.9 Å². The lowest BCUT2D eigenvalue weighted by molar-refractivity contribution is -0.0328. The molecule has 0 radical (unpaired) electrons. The highest BCUT2D eigenvalue weighted by atomic mass is 32.2. The van der Waals surface area contributed by atoms with Crippen LogP contribution in [0.3, 0.4) is 0 Å². The highest BCUT2D eigenvalue weighted by molar-refractivity contribution is 8.00. The smallest absolute Gasteiger partial charge is 0.313 e. The van der Waals surface area contributed by atoms with Gasteiger partial charge < -0.3 is 10.2 Å². The summed E-state index contributed by atoms with van der Waals surface area (Å²) in [6.45, 7) is 5.38. The second-order valence-electron chi connectivity index (χ2n) is 4.01. The van der Waals surface area contributed by atoms with E-state index < -0.39 is 5.51 Å². The van der Waals surface area contributed by atoms with Gasteiger partial charge in [-0.15, -0.1) is 0 Å². The van der Waals surface area contributed by atoms with Crippen molar-refractivity contribution in [2.24, 2.45) is 0 Å². The number of nitrogens with zero attached hydrogens (tertiary/aromatic N) is 1. The lowest BCUT2D eigenvalue weighted by atomic mass is 10.2. The zero-order chi connectivity index (χ0) is 12.0. The Morgan fingerprint density at radius 2 is 2.19 bits per heavy atom. The molecule has 1 fully saturated rings. The summed E-state index contributed by atoms with van der Waals surface area (Å²) in [6.07, 6.45) is 2.05. The zero-order valence-corrected chi connectivity index (χ0v) is 10.3. The highest BCUT2D eigenvalue weighted by Crippen LogP contribution is 2.29. The average Bonchev–Trinajstić information content (AvgIpc) is 2.41. The molecule has 1 heterocycles. The van der Waals surface area contributed by atoms with E-state index in [1.165, 1.54) is 0 Å². The normalized spacial score (nSPS) is 24.4. The number of alkyl halides is 3. The Morgan fingerprint density at radius 1 is 1.44 bits per heavy atom. The van der Waals surface area contributed by atoms with E-state index in [2.05, 4.69) is 17.1 Å². The first-order valence-electron chi connectivity index (χ1n) is 5.67. The van der Waals surface area contributed by atoms with Crippen molar-refractivity contribution in [1.82, 2.24) is 10.2 Å². The first kappa shape index (κ1) is 14.1. The Kier molecular flexibility index (Phi) is 5.92. The second kappa shape index (κ2) is 6.71. The quantitative estimate of drug-likeness (QED) is 0.831. The van der Waals surface area contributed by atoms with Crippen molar-refractivity contribution in [2.75, 3.05) is 31.9 Å². The predicted octanol–water partition coefficient (Wildman–Crippen LogP) is 2.31. The van der Waals surface area contributed by atoms with Crippen molar-refractivity contribution in [2.45, 2.75) is 31.3 Å². The van der Waals surface area contributed by atoms with Gasteiger partial charge in [0.25, 0.3) is 0 Å². The minimum absolute atomic E-state index is 0.0808. The Bertz CT molecular complexity index is 199. The van der Waals surface area contributed by atoms with Gasteiger partial charge in [0.15, 0.2) is 0 Å². The summed E-state index contributed by atoms with van der Waals surface area (Å²) in [4.78, 5) is 2.13. The third kappa shape index (κ3) is 5.96. The Labute approximate surface area is 98.9 Å². The summed E-state index contributed by atoms with van der Waals surface area (Å²) in [7, 11) is 0. The molecule has 96 valence electrons. The molecule has 1 saturated heterocycles. The van der Waals surface area contributed by atoms with E-state index in [0.29, 0.717) is 12.6 Å². The van der Waals surface area contributed by atoms with Crippen LogP contribution in [-0.4, -0.2) is 48.4 Å². The van der Waals surface area contributed by atoms with Crippen LogP contribution in [0, 0.1) is 0 Å². The summed E-state index contributed by atoms with van der Waals surface area (Å²) >= 11 is 0.0808. The monoisotopic (exact) mass is 256 g/mol.